The number of methoxy groups -OCH3 is 1. The molecule has 0 aliphatic heterocycles. The number of nitrogens with zero attached hydrogens (tertiary/aromatic N) is 3. The molecule has 2 aromatic carbocycles. The Morgan fingerprint density at radius 3 is 2.59 bits per heavy atom. The number of rotatable bonds is 9. The van der Waals surface area contributed by atoms with Gasteiger partial charge in [0.15, 0.2) is 11.6 Å². The average Bonchev–Trinajstić information content (AvgIpc) is 3.44. The van der Waals surface area contributed by atoms with Gasteiger partial charge in [0.05, 0.1) is 30.7 Å². The molecular weight excluding hydrogens is 518 g/mol. The number of urea groups is 1. The van der Waals surface area contributed by atoms with Gasteiger partial charge in [-0.1, -0.05) is 29.8 Å². The van der Waals surface area contributed by atoms with E-state index < -0.39 is 12.0 Å². The molecule has 0 spiro atoms. The van der Waals surface area contributed by atoms with Crippen LogP contribution in [-0.2, 0) is 17.8 Å². The summed E-state index contributed by atoms with van der Waals surface area (Å²) in [6.45, 7) is 1.69. The van der Waals surface area contributed by atoms with Crippen molar-refractivity contribution < 1.29 is 24.2 Å². The normalized spacial score (nSPS) is 10.7. The fraction of sp³-hybridized carbons (Fsp3) is 0.160. The van der Waals surface area contributed by atoms with E-state index in [1.807, 2.05) is 0 Å². The summed E-state index contributed by atoms with van der Waals surface area (Å²) in [5, 5.41) is 23.8. The number of hydrogen-bond acceptors (Lipinski definition) is 7. The number of ether oxygens (including phenoxy) is 1. The Kier molecular flexibility index (Phi) is 7.85. The monoisotopic (exact) mass is 539 g/mol. The second kappa shape index (κ2) is 11.2. The van der Waals surface area contributed by atoms with E-state index in [0.29, 0.717) is 33.0 Å². The van der Waals surface area contributed by atoms with E-state index in [9.17, 15) is 19.5 Å². The molecule has 0 fully saturated rings. The van der Waals surface area contributed by atoms with Crippen LogP contribution in [0.2, 0.25) is 5.02 Å². The summed E-state index contributed by atoms with van der Waals surface area (Å²) in [7, 11) is 1.53. The van der Waals surface area contributed by atoms with Gasteiger partial charge in [0.2, 0.25) is 0 Å². The third-order valence-corrected chi connectivity index (χ3v) is 6.73. The number of nitrogens with one attached hydrogen (secondary N) is 2. The molecule has 0 bridgehead atoms. The smallest absolute Gasteiger partial charge is 0.319 e. The lowest BCUT2D eigenvalue weighted by Crippen LogP contribution is -2.29. The lowest BCUT2D eigenvalue weighted by Gasteiger charge is -2.11. The molecule has 0 atom stereocenters. The fourth-order valence-electron chi connectivity index (χ4n) is 3.61. The molecule has 0 unspecified atom stereocenters. The van der Waals surface area contributed by atoms with Crippen molar-refractivity contribution in [2.75, 3.05) is 12.4 Å². The van der Waals surface area contributed by atoms with Gasteiger partial charge in [0.1, 0.15) is 16.6 Å². The number of aliphatic carboxylic acids is 1. The first kappa shape index (κ1) is 25.9. The van der Waals surface area contributed by atoms with E-state index >= 15 is 0 Å². The number of benzene rings is 2. The van der Waals surface area contributed by atoms with Crippen LogP contribution in [0.1, 0.15) is 32.4 Å². The SMILES string of the molecule is COc1cccc(NC(=O)NCc2nnc(C)n2-c2sc(CC(=O)O)cc2C(=O)c2ccccc2Cl)c1. The molecule has 4 rings (SSSR count). The van der Waals surface area contributed by atoms with E-state index in [1.54, 1.807) is 66.1 Å². The van der Waals surface area contributed by atoms with Gasteiger partial charge >= 0.3 is 12.0 Å². The zero-order valence-corrected chi connectivity index (χ0v) is 21.4. The Morgan fingerprint density at radius 1 is 1.08 bits per heavy atom. The Balaban J connectivity index is 1.63. The average molecular weight is 540 g/mol. The summed E-state index contributed by atoms with van der Waals surface area (Å²) in [5.41, 5.74) is 1.09. The second-order valence-electron chi connectivity index (χ2n) is 7.85. The van der Waals surface area contributed by atoms with Gasteiger partial charge in [-0.3, -0.25) is 14.2 Å². The van der Waals surface area contributed by atoms with Crippen molar-refractivity contribution >= 4 is 46.4 Å². The number of aryl methyl sites for hydroxylation is 1. The number of ketones is 1. The first-order valence-electron chi connectivity index (χ1n) is 11.0. The number of thiophene rings is 1. The molecule has 0 aliphatic carbocycles. The van der Waals surface area contributed by atoms with Crippen molar-refractivity contribution in [3.05, 3.63) is 87.3 Å². The molecule has 2 aromatic heterocycles. The highest BCUT2D eigenvalue weighted by atomic mass is 35.5. The molecular formula is C25H22ClN5O5S. The molecule has 3 N–H and O–H groups in total. The standard InChI is InChI=1S/C25H22ClN5O5S/c1-14-29-30-21(13-27-25(35)28-15-6-5-7-16(10-15)36-2)31(14)24-19(11-17(37-24)12-22(32)33)23(34)18-8-3-4-9-20(18)26/h3-11H,12-13H2,1-2H3,(H,32,33)(H2,27,28,35). The van der Waals surface area contributed by atoms with E-state index in [0.717, 1.165) is 11.3 Å². The molecule has 2 heterocycles. The Bertz CT molecular complexity index is 1480. The number of carboxylic acid groups (broad SMARTS) is 1. The van der Waals surface area contributed by atoms with E-state index in [1.165, 1.54) is 7.11 Å². The molecule has 0 aliphatic rings. The third-order valence-electron chi connectivity index (χ3n) is 5.28. The molecule has 37 heavy (non-hydrogen) atoms. The van der Waals surface area contributed by atoms with Crippen LogP contribution in [0.4, 0.5) is 10.5 Å². The minimum Gasteiger partial charge on any atom is -0.497 e. The molecule has 0 radical (unpaired) electrons. The van der Waals surface area contributed by atoms with Gasteiger partial charge in [-0.15, -0.1) is 21.5 Å². The molecule has 0 saturated carbocycles. The van der Waals surface area contributed by atoms with Crippen LogP contribution in [0.3, 0.4) is 0 Å². The number of halogens is 1. The fourth-order valence-corrected chi connectivity index (χ4v) is 5.04. The zero-order valence-electron chi connectivity index (χ0n) is 19.8. The Hall–Kier alpha value is -4.22. The number of carboxylic acids is 1. The Morgan fingerprint density at radius 2 is 1.86 bits per heavy atom. The maximum atomic E-state index is 13.5. The Labute approximate surface area is 220 Å². The number of aromatic nitrogens is 3. The highest BCUT2D eigenvalue weighted by molar-refractivity contribution is 7.15. The molecule has 10 nitrogen and oxygen atoms in total. The van der Waals surface area contributed by atoms with Crippen LogP contribution in [0, 0.1) is 6.92 Å². The maximum absolute atomic E-state index is 13.5. The highest BCUT2D eigenvalue weighted by Crippen LogP contribution is 2.32. The topological polar surface area (TPSA) is 135 Å². The van der Waals surface area contributed by atoms with Gasteiger partial charge in [0.25, 0.3) is 0 Å². The maximum Gasteiger partial charge on any atom is 0.319 e. The second-order valence-corrected chi connectivity index (χ2v) is 9.37. The van der Waals surface area contributed by atoms with Crippen molar-refractivity contribution in [1.82, 2.24) is 20.1 Å². The van der Waals surface area contributed by atoms with Gasteiger partial charge in [0, 0.05) is 22.2 Å². The molecule has 12 heteroatoms. The minimum absolute atomic E-state index is 0.0114. The van der Waals surface area contributed by atoms with Crippen molar-refractivity contribution in [3.8, 4) is 10.8 Å². The van der Waals surface area contributed by atoms with Crippen LogP contribution in [-0.4, -0.2) is 44.8 Å². The van der Waals surface area contributed by atoms with Gasteiger partial charge in [-0.25, -0.2) is 4.79 Å². The van der Waals surface area contributed by atoms with Crippen LogP contribution in [0.25, 0.3) is 5.00 Å². The van der Waals surface area contributed by atoms with E-state index in [4.69, 9.17) is 16.3 Å². The number of carbonyl (C=O) groups excluding carboxylic acids is 2. The summed E-state index contributed by atoms with van der Waals surface area (Å²) in [4.78, 5) is 37.8. The third kappa shape index (κ3) is 5.96. The predicted molar refractivity (Wildman–Crippen MR) is 139 cm³/mol. The van der Waals surface area contributed by atoms with E-state index in [2.05, 4.69) is 20.8 Å². The van der Waals surface area contributed by atoms with Crippen molar-refractivity contribution in [1.29, 1.82) is 0 Å². The molecule has 4 aromatic rings. The number of anilines is 1. The van der Waals surface area contributed by atoms with Gasteiger partial charge < -0.3 is 20.5 Å². The van der Waals surface area contributed by atoms with Crippen LogP contribution >= 0.6 is 22.9 Å². The minimum atomic E-state index is -1.03. The first-order valence-corrected chi connectivity index (χ1v) is 12.2. The number of carbonyl (C=O) groups is 3. The lowest BCUT2D eigenvalue weighted by atomic mass is 10.0. The van der Waals surface area contributed by atoms with Gasteiger partial charge in [-0.2, -0.15) is 0 Å². The summed E-state index contributed by atoms with van der Waals surface area (Å²) in [6, 6.07) is 14.6. The lowest BCUT2D eigenvalue weighted by molar-refractivity contribution is -0.136. The summed E-state index contributed by atoms with van der Waals surface area (Å²) >= 11 is 7.40. The summed E-state index contributed by atoms with van der Waals surface area (Å²) in [5.74, 6) is 0.0216. The van der Waals surface area contributed by atoms with Gasteiger partial charge in [-0.05, 0) is 37.3 Å². The summed E-state index contributed by atoms with van der Waals surface area (Å²) < 4.78 is 6.80. The molecule has 190 valence electrons. The van der Waals surface area contributed by atoms with Crippen LogP contribution < -0.4 is 15.4 Å². The van der Waals surface area contributed by atoms with Crippen molar-refractivity contribution in [3.63, 3.8) is 0 Å². The quantitative estimate of drug-likeness (QED) is 0.267. The van der Waals surface area contributed by atoms with Crippen molar-refractivity contribution in [2.24, 2.45) is 0 Å². The summed E-state index contributed by atoms with van der Waals surface area (Å²) in [6.07, 6.45) is -0.259. The molecule has 2 amide bonds. The van der Waals surface area contributed by atoms with Crippen molar-refractivity contribution in [2.45, 2.75) is 19.9 Å². The predicted octanol–water partition coefficient (Wildman–Crippen LogP) is 4.48. The van der Waals surface area contributed by atoms with E-state index in [-0.39, 0.29) is 34.9 Å². The number of hydrogen-bond donors (Lipinski definition) is 3. The van der Waals surface area contributed by atoms with Crippen LogP contribution in [0.15, 0.2) is 54.6 Å². The zero-order chi connectivity index (χ0) is 26.5. The highest BCUT2D eigenvalue weighted by Gasteiger charge is 2.25. The first-order chi connectivity index (χ1) is 17.8. The van der Waals surface area contributed by atoms with Crippen LogP contribution in [0.5, 0.6) is 5.75 Å². The molecule has 0 saturated heterocycles. The largest absolute Gasteiger partial charge is 0.497 e. The number of amides is 2.